The highest BCUT2D eigenvalue weighted by molar-refractivity contribution is 6.07. The number of carbonyl (C=O) groups excluding carboxylic acids is 1. The van der Waals surface area contributed by atoms with Crippen LogP contribution in [-0.2, 0) is 13.2 Å². The van der Waals surface area contributed by atoms with Crippen LogP contribution in [0.2, 0.25) is 0 Å². The summed E-state index contributed by atoms with van der Waals surface area (Å²) in [5.41, 5.74) is 3.53. The lowest BCUT2D eigenvalue weighted by molar-refractivity contribution is 0.0764. The smallest absolute Gasteiger partial charge is 0.182 e. The Morgan fingerprint density at radius 3 is 1.86 bits per heavy atom. The molecule has 256 valence electrons. The van der Waals surface area contributed by atoms with E-state index in [1.807, 2.05) is 24.3 Å². The summed E-state index contributed by atoms with van der Waals surface area (Å²) in [6.45, 7) is -0.715. The van der Waals surface area contributed by atoms with Gasteiger partial charge < -0.3 is 48.1 Å². The molecule has 11 heteroatoms. The van der Waals surface area contributed by atoms with E-state index in [1.165, 1.54) is 28.4 Å². The Morgan fingerprint density at radius 1 is 0.653 bits per heavy atom. The number of ketones is 1. The van der Waals surface area contributed by atoms with Crippen molar-refractivity contribution in [1.82, 2.24) is 0 Å². The molecule has 2 aliphatic heterocycles. The molecule has 0 saturated carbocycles. The van der Waals surface area contributed by atoms with Gasteiger partial charge in [-0.05, 0) is 71.3 Å². The van der Waals surface area contributed by atoms with Crippen LogP contribution >= 0.6 is 0 Å². The van der Waals surface area contributed by atoms with Crippen LogP contribution in [0, 0.1) is 0 Å². The lowest BCUT2D eigenvalue weighted by Crippen LogP contribution is -2.32. The van der Waals surface area contributed by atoms with Gasteiger partial charge in [0.05, 0.1) is 67.4 Å². The Morgan fingerprint density at radius 2 is 1.27 bits per heavy atom. The van der Waals surface area contributed by atoms with Crippen molar-refractivity contribution in [3.8, 4) is 46.0 Å². The highest BCUT2D eigenvalue weighted by atomic mass is 16.5. The van der Waals surface area contributed by atoms with E-state index in [0.29, 0.717) is 62.3 Å². The number of methoxy groups -OCH3 is 6. The predicted molar refractivity (Wildman–Crippen MR) is 180 cm³/mol. The Kier molecular flexibility index (Phi) is 9.57. The fourth-order valence-corrected chi connectivity index (χ4v) is 6.50. The van der Waals surface area contributed by atoms with E-state index in [-0.39, 0.29) is 29.5 Å². The molecule has 2 N–H and O–H groups in total. The predicted octanol–water partition coefficient (Wildman–Crippen LogP) is 5.97. The molecule has 2 heterocycles. The summed E-state index contributed by atoms with van der Waals surface area (Å²) in [7, 11) is 9.18. The van der Waals surface area contributed by atoms with Crippen molar-refractivity contribution in [2.45, 2.75) is 31.3 Å². The fourth-order valence-electron chi connectivity index (χ4n) is 6.50. The first-order chi connectivity index (χ1) is 23.8. The van der Waals surface area contributed by atoms with Crippen molar-refractivity contribution in [3.63, 3.8) is 0 Å². The number of hydrogen-bond acceptors (Lipinski definition) is 11. The van der Waals surface area contributed by atoms with Crippen molar-refractivity contribution in [2.75, 3.05) is 42.7 Å². The maximum absolute atomic E-state index is 15.0. The largest absolute Gasteiger partial charge is 0.496 e. The molecule has 4 aromatic rings. The molecular weight excluding hydrogens is 632 g/mol. The highest BCUT2D eigenvalue weighted by Gasteiger charge is 2.45. The van der Waals surface area contributed by atoms with E-state index in [4.69, 9.17) is 37.9 Å². The normalized spacial score (nSPS) is 17.6. The van der Waals surface area contributed by atoms with E-state index in [0.717, 1.165) is 5.56 Å². The van der Waals surface area contributed by atoms with Crippen LogP contribution in [0.3, 0.4) is 0 Å². The number of carbonyl (C=O) groups is 1. The maximum atomic E-state index is 15.0. The number of fused-ring (bicyclic) bond motifs is 2. The molecule has 4 aromatic carbocycles. The van der Waals surface area contributed by atoms with Crippen molar-refractivity contribution >= 4 is 11.9 Å². The molecule has 0 fully saturated rings. The zero-order chi connectivity index (χ0) is 34.8. The molecule has 0 aromatic heterocycles. The molecule has 0 bridgehead atoms. The summed E-state index contributed by atoms with van der Waals surface area (Å²) in [5.74, 6) is 1.98. The fraction of sp³-hybridized carbons (Fsp3) is 0.289. The monoisotopic (exact) mass is 670 g/mol. The topological polar surface area (TPSA) is 131 Å². The van der Waals surface area contributed by atoms with Crippen LogP contribution in [0.15, 0.2) is 60.7 Å². The molecule has 3 atom stereocenters. The number of rotatable bonds is 11. The van der Waals surface area contributed by atoms with Crippen molar-refractivity contribution in [3.05, 3.63) is 99.6 Å². The summed E-state index contributed by atoms with van der Waals surface area (Å²) in [6, 6.07) is 15.7. The van der Waals surface area contributed by atoms with Gasteiger partial charge in [0.15, 0.2) is 28.8 Å². The van der Waals surface area contributed by atoms with E-state index in [1.54, 1.807) is 56.7 Å². The van der Waals surface area contributed by atoms with E-state index in [9.17, 15) is 15.0 Å². The quantitative estimate of drug-likeness (QED) is 0.196. The van der Waals surface area contributed by atoms with Crippen molar-refractivity contribution < 1.29 is 52.9 Å². The Hall–Kier alpha value is -5.39. The van der Waals surface area contributed by atoms with Gasteiger partial charge in [-0.3, -0.25) is 4.79 Å². The molecule has 0 saturated heterocycles. The minimum absolute atomic E-state index is 0.206. The number of ether oxygens (including phenoxy) is 8. The van der Waals surface area contributed by atoms with Gasteiger partial charge in [0, 0.05) is 11.1 Å². The lowest BCUT2D eigenvalue weighted by atomic mass is 9.77. The Labute approximate surface area is 284 Å². The van der Waals surface area contributed by atoms with Gasteiger partial charge in [0.25, 0.3) is 0 Å². The zero-order valence-electron chi connectivity index (χ0n) is 28.1. The molecule has 0 amide bonds. The second-order valence-electron chi connectivity index (χ2n) is 11.4. The first-order valence-electron chi connectivity index (χ1n) is 15.5. The molecule has 0 aliphatic carbocycles. The maximum Gasteiger partial charge on any atom is 0.182 e. The molecule has 49 heavy (non-hydrogen) atoms. The van der Waals surface area contributed by atoms with Gasteiger partial charge in [-0.25, -0.2) is 0 Å². The number of benzene rings is 4. The molecule has 2 aliphatic rings. The van der Waals surface area contributed by atoms with Gasteiger partial charge in [0.1, 0.15) is 40.8 Å². The van der Waals surface area contributed by atoms with Gasteiger partial charge in [-0.2, -0.15) is 0 Å². The highest BCUT2D eigenvalue weighted by Crippen LogP contribution is 2.54. The number of hydrogen-bond donors (Lipinski definition) is 2. The molecule has 6 rings (SSSR count). The first-order valence-corrected chi connectivity index (χ1v) is 15.5. The molecule has 11 nitrogen and oxygen atoms in total. The minimum Gasteiger partial charge on any atom is -0.496 e. The average molecular weight is 671 g/mol. The summed E-state index contributed by atoms with van der Waals surface area (Å²) in [6.07, 6.45) is 2.23. The van der Waals surface area contributed by atoms with Gasteiger partial charge in [0.2, 0.25) is 0 Å². The molecule has 0 unspecified atom stereocenters. The van der Waals surface area contributed by atoms with Crippen molar-refractivity contribution in [1.29, 1.82) is 0 Å². The molecule has 0 spiro atoms. The third-order valence-corrected chi connectivity index (χ3v) is 8.88. The Bertz CT molecular complexity index is 1910. The van der Waals surface area contributed by atoms with E-state index >= 15 is 0 Å². The molecular formula is C38H38O11. The zero-order valence-corrected chi connectivity index (χ0v) is 28.1. The number of aliphatic hydroxyl groups excluding tert-OH is 2. The third-order valence-electron chi connectivity index (χ3n) is 8.88. The lowest BCUT2D eigenvalue weighted by Gasteiger charge is -2.37. The number of aliphatic hydroxyl groups is 2. The second-order valence-corrected chi connectivity index (χ2v) is 11.4. The van der Waals surface area contributed by atoms with Crippen LogP contribution in [0.25, 0.3) is 6.08 Å². The Balaban J connectivity index is 1.59. The summed E-state index contributed by atoms with van der Waals surface area (Å²) in [5, 5.41) is 20.8. The average Bonchev–Trinajstić information content (AvgIpc) is 3.15. The minimum atomic E-state index is -1.04. The summed E-state index contributed by atoms with van der Waals surface area (Å²) < 4.78 is 46.9. The van der Waals surface area contributed by atoms with Crippen LogP contribution in [0.5, 0.6) is 46.0 Å². The second kappa shape index (κ2) is 14.0. The molecule has 0 radical (unpaired) electrons. The summed E-state index contributed by atoms with van der Waals surface area (Å²) in [4.78, 5) is 15.0. The standard InChI is InChI=1S/C38H38O11/c1-42-26-10-7-21(15-29(26)45-4)25-12-9-24-28(44-3)17-23(19-40)33(38(24)48-25)35-36(41)34-31(47-6)13-20(18-39)14-32(34)49-37(35)22-8-11-27(43-2)30(16-22)46-5/h7-17,25,35,37,39-40H,18-19H2,1-6H3/t25-,35-,37+/m0/s1. The van der Waals surface area contributed by atoms with Gasteiger partial charge in [-0.15, -0.1) is 0 Å². The van der Waals surface area contributed by atoms with Crippen LogP contribution in [0.1, 0.15) is 61.9 Å². The first kappa shape index (κ1) is 33.5. The van der Waals surface area contributed by atoms with Gasteiger partial charge >= 0.3 is 0 Å². The summed E-state index contributed by atoms with van der Waals surface area (Å²) >= 11 is 0. The number of Topliss-reactive ketones (excluding diaryl/α,β-unsaturated/α-hetero) is 1. The SMILES string of the molecule is COc1ccc([C@@H]2C=Cc3c(OC)cc(CO)c([C@H]4C(=O)c5c(OC)cc(CO)cc5O[C@@H]4c4ccc(OC)c(OC)c4)c3O2)cc1OC. The van der Waals surface area contributed by atoms with Crippen molar-refractivity contribution in [2.24, 2.45) is 0 Å². The van der Waals surface area contributed by atoms with Crippen LogP contribution in [-0.4, -0.2) is 58.7 Å². The van der Waals surface area contributed by atoms with E-state index in [2.05, 4.69) is 0 Å². The van der Waals surface area contributed by atoms with Gasteiger partial charge in [-0.1, -0.05) is 12.1 Å². The third kappa shape index (κ3) is 5.85. The van der Waals surface area contributed by atoms with Crippen LogP contribution < -0.4 is 37.9 Å². The van der Waals surface area contributed by atoms with Crippen LogP contribution in [0.4, 0.5) is 0 Å². The van der Waals surface area contributed by atoms with E-state index < -0.39 is 24.7 Å².